The van der Waals surface area contributed by atoms with Gasteiger partial charge in [-0.05, 0) is 68.9 Å². The highest BCUT2D eigenvalue weighted by Crippen LogP contribution is 2.22. The Hall–Kier alpha value is -1.02. The molecule has 0 heterocycles. The van der Waals surface area contributed by atoms with Crippen molar-refractivity contribution in [1.29, 1.82) is 0 Å². The van der Waals surface area contributed by atoms with Gasteiger partial charge in [-0.25, -0.2) is 26.7 Å². The van der Waals surface area contributed by atoms with Crippen molar-refractivity contribution >= 4 is 64.5 Å². The first-order valence-corrected chi connectivity index (χ1v) is 11.1. The normalized spacial score (nSPS) is 12.0. The zero-order valence-corrected chi connectivity index (χ0v) is 17.1. The van der Waals surface area contributed by atoms with E-state index in [0.717, 1.165) is 15.7 Å². The van der Waals surface area contributed by atoms with E-state index in [1.165, 1.54) is 24.3 Å². The van der Waals surface area contributed by atoms with Crippen molar-refractivity contribution in [3.63, 3.8) is 0 Å². The zero-order chi connectivity index (χ0) is 18.1. The number of benzene rings is 2. The Kier molecular flexibility index (Phi) is 5.69. The van der Waals surface area contributed by atoms with Crippen LogP contribution in [-0.4, -0.2) is 22.7 Å². The molecule has 0 aliphatic rings. The van der Waals surface area contributed by atoms with E-state index in [-0.39, 0.29) is 5.56 Å². The third-order valence-corrected chi connectivity index (χ3v) is 7.68. The number of nitrogens with two attached hydrogens (primary N) is 1. The van der Waals surface area contributed by atoms with E-state index in [0.29, 0.717) is 4.47 Å². The maximum Gasteiger partial charge on any atom is 0.265 e. The molecule has 0 saturated carbocycles. The minimum absolute atomic E-state index is 0.0963. The van der Waals surface area contributed by atoms with E-state index in [2.05, 4.69) is 15.9 Å². The maximum absolute atomic E-state index is 12.4. The standard InChI is InChI=1S/C13H10BrIN2O5S2/c14-9-7-8(5-6-10(9)15)13(18)17-24(21,22)12-4-2-1-3-11(12)23(16,19)20/h1-7H,(H,17,18)(H2,16,19,20). The Morgan fingerprint density at radius 2 is 1.62 bits per heavy atom. The van der Waals surface area contributed by atoms with E-state index in [4.69, 9.17) is 5.14 Å². The van der Waals surface area contributed by atoms with Gasteiger partial charge >= 0.3 is 0 Å². The number of primary sulfonamides is 1. The first-order chi connectivity index (χ1) is 11.0. The molecule has 7 nitrogen and oxygen atoms in total. The Bertz CT molecular complexity index is 1020. The van der Waals surface area contributed by atoms with Gasteiger partial charge in [-0.2, -0.15) is 0 Å². The lowest BCUT2D eigenvalue weighted by Gasteiger charge is -2.10. The fraction of sp³-hybridized carbons (Fsp3) is 0. The summed E-state index contributed by atoms with van der Waals surface area (Å²) in [5.41, 5.74) is 0.0963. The van der Waals surface area contributed by atoms with Gasteiger partial charge in [0.15, 0.2) is 0 Å². The predicted molar refractivity (Wildman–Crippen MR) is 99.3 cm³/mol. The van der Waals surface area contributed by atoms with Gasteiger partial charge in [0.2, 0.25) is 10.0 Å². The molecule has 11 heteroatoms. The summed E-state index contributed by atoms with van der Waals surface area (Å²) in [4.78, 5) is 11.0. The minimum atomic E-state index is -4.42. The van der Waals surface area contributed by atoms with Crippen LogP contribution < -0.4 is 9.86 Å². The predicted octanol–water partition coefficient (Wildman–Crippen LogP) is 1.82. The molecule has 2 rings (SSSR count). The molecule has 0 saturated heterocycles. The van der Waals surface area contributed by atoms with E-state index in [1.807, 2.05) is 27.3 Å². The van der Waals surface area contributed by atoms with Gasteiger partial charge in [0, 0.05) is 13.6 Å². The lowest BCUT2D eigenvalue weighted by atomic mass is 10.2. The van der Waals surface area contributed by atoms with Gasteiger partial charge in [-0.3, -0.25) is 4.79 Å². The number of sulfonamides is 2. The van der Waals surface area contributed by atoms with Crippen molar-refractivity contribution in [1.82, 2.24) is 4.72 Å². The molecular weight excluding hydrogens is 535 g/mol. The topological polar surface area (TPSA) is 123 Å². The monoisotopic (exact) mass is 544 g/mol. The average molecular weight is 545 g/mol. The van der Waals surface area contributed by atoms with Gasteiger partial charge in [0.05, 0.1) is 0 Å². The number of nitrogens with one attached hydrogen (secondary N) is 1. The number of hydrogen-bond donors (Lipinski definition) is 2. The second-order valence-corrected chi connectivity index (χ2v) is 9.75. The number of carbonyl (C=O) groups is 1. The Labute approximate surface area is 161 Å². The van der Waals surface area contributed by atoms with Crippen LogP contribution >= 0.6 is 38.5 Å². The van der Waals surface area contributed by atoms with Crippen LogP contribution in [0.25, 0.3) is 0 Å². The highest BCUT2D eigenvalue weighted by atomic mass is 127. The lowest BCUT2D eigenvalue weighted by molar-refractivity contribution is 0.0981. The molecule has 0 radical (unpaired) electrons. The molecule has 0 aliphatic carbocycles. The van der Waals surface area contributed by atoms with Gasteiger partial charge < -0.3 is 0 Å². The highest BCUT2D eigenvalue weighted by Gasteiger charge is 2.26. The minimum Gasteiger partial charge on any atom is -0.268 e. The first kappa shape index (κ1) is 19.3. The fourth-order valence-electron chi connectivity index (χ4n) is 1.78. The van der Waals surface area contributed by atoms with E-state index in [9.17, 15) is 21.6 Å². The van der Waals surface area contributed by atoms with Crippen molar-refractivity contribution in [3.05, 3.63) is 56.1 Å². The fourth-order valence-corrected chi connectivity index (χ4v) is 4.85. The quantitative estimate of drug-likeness (QED) is 0.568. The molecule has 2 aromatic carbocycles. The van der Waals surface area contributed by atoms with E-state index in [1.54, 1.807) is 6.07 Å². The van der Waals surface area contributed by atoms with Gasteiger partial charge in [-0.15, -0.1) is 0 Å². The van der Waals surface area contributed by atoms with Crippen LogP contribution in [0.1, 0.15) is 10.4 Å². The molecule has 1 amide bonds. The van der Waals surface area contributed by atoms with Gasteiger partial charge in [0.25, 0.3) is 15.9 Å². The Balaban J connectivity index is 2.42. The number of carbonyl (C=O) groups excluding carboxylic acids is 1. The molecule has 2 aromatic rings. The third kappa shape index (κ3) is 4.33. The largest absolute Gasteiger partial charge is 0.268 e. The lowest BCUT2D eigenvalue weighted by Crippen LogP contribution is -2.32. The summed E-state index contributed by atoms with van der Waals surface area (Å²) in [6.07, 6.45) is 0. The van der Waals surface area contributed by atoms with Crippen LogP contribution in [0.2, 0.25) is 0 Å². The second-order valence-electron chi connectivity index (χ2n) is 4.56. The molecule has 0 unspecified atom stereocenters. The van der Waals surface area contributed by atoms with E-state index >= 15 is 0 Å². The van der Waals surface area contributed by atoms with Crippen LogP contribution in [0.4, 0.5) is 0 Å². The summed E-state index contributed by atoms with van der Waals surface area (Å²) in [5.74, 6) is -0.892. The van der Waals surface area contributed by atoms with Gasteiger partial charge in [0.1, 0.15) is 9.79 Å². The van der Waals surface area contributed by atoms with Crippen LogP contribution in [0.3, 0.4) is 0 Å². The first-order valence-electron chi connectivity index (χ1n) is 6.16. The van der Waals surface area contributed by atoms with Crippen molar-refractivity contribution in [2.75, 3.05) is 0 Å². The number of halogens is 2. The maximum atomic E-state index is 12.4. The van der Waals surface area contributed by atoms with E-state index < -0.39 is 35.7 Å². The molecule has 0 spiro atoms. The molecular formula is C13H10BrIN2O5S2. The third-order valence-electron chi connectivity index (χ3n) is 2.85. The number of rotatable bonds is 4. The van der Waals surface area contributed by atoms with Crippen molar-refractivity contribution in [3.8, 4) is 0 Å². The van der Waals surface area contributed by atoms with Crippen molar-refractivity contribution < 1.29 is 21.6 Å². The molecule has 3 N–H and O–H groups in total. The molecule has 128 valence electrons. The summed E-state index contributed by atoms with van der Waals surface area (Å²) < 4.78 is 51.1. The summed E-state index contributed by atoms with van der Waals surface area (Å²) in [6, 6.07) is 9.30. The van der Waals surface area contributed by atoms with Crippen molar-refractivity contribution in [2.45, 2.75) is 9.79 Å². The Morgan fingerprint density at radius 1 is 1.04 bits per heavy atom. The van der Waals surface area contributed by atoms with Gasteiger partial charge in [-0.1, -0.05) is 12.1 Å². The number of amides is 1. The number of hydrogen-bond acceptors (Lipinski definition) is 5. The smallest absolute Gasteiger partial charge is 0.265 e. The van der Waals surface area contributed by atoms with Crippen LogP contribution in [0.5, 0.6) is 0 Å². The Morgan fingerprint density at radius 3 is 2.17 bits per heavy atom. The van der Waals surface area contributed by atoms with Crippen molar-refractivity contribution in [2.24, 2.45) is 5.14 Å². The molecule has 0 atom stereocenters. The summed E-state index contributed by atoms with van der Waals surface area (Å²) >= 11 is 5.28. The SMILES string of the molecule is NS(=O)(=O)c1ccccc1S(=O)(=O)NC(=O)c1ccc(I)c(Br)c1. The molecule has 0 bridgehead atoms. The van der Waals surface area contributed by atoms with Crippen LogP contribution in [0.15, 0.2) is 56.7 Å². The molecule has 0 aromatic heterocycles. The summed E-state index contributed by atoms with van der Waals surface area (Å²) in [7, 11) is -8.69. The highest BCUT2D eigenvalue weighted by molar-refractivity contribution is 14.1. The van der Waals surface area contributed by atoms with Crippen LogP contribution in [-0.2, 0) is 20.0 Å². The zero-order valence-electron chi connectivity index (χ0n) is 11.7. The summed E-state index contributed by atoms with van der Waals surface area (Å²) in [6.45, 7) is 0. The second kappa shape index (κ2) is 7.07. The molecule has 0 aliphatic heterocycles. The summed E-state index contributed by atoms with van der Waals surface area (Å²) in [5, 5.41) is 5.02. The molecule has 24 heavy (non-hydrogen) atoms. The average Bonchev–Trinajstić information content (AvgIpc) is 2.48. The van der Waals surface area contributed by atoms with Crippen LogP contribution in [0, 0.1) is 3.57 Å². The molecule has 0 fully saturated rings.